The first kappa shape index (κ1) is 15.0. The molecule has 0 bridgehead atoms. The molecule has 0 aliphatic carbocycles. The first-order valence-corrected chi connectivity index (χ1v) is 8.11. The van der Waals surface area contributed by atoms with Crippen molar-refractivity contribution in [2.24, 2.45) is 11.1 Å². The normalized spacial score (nSPS) is 19.6. The van der Waals surface area contributed by atoms with Gasteiger partial charge < -0.3 is 10.6 Å². The predicted molar refractivity (Wildman–Crippen MR) is 75.3 cm³/mol. The van der Waals surface area contributed by atoms with E-state index in [1.807, 2.05) is 0 Å². The highest BCUT2D eigenvalue weighted by molar-refractivity contribution is 7.89. The molecule has 4 N–H and O–H groups in total. The number of hydrogen-bond donors (Lipinski definition) is 3. The van der Waals surface area contributed by atoms with Crippen molar-refractivity contribution in [3.8, 4) is 0 Å². The Morgan fingerprint density at radius 2 is 2.05 bits per heavy atom. The van der Waals surface area contributed by atoms with E-state index in [0.717, 1.165) is 31.5 Å². The van der Waals surface area contributed by atoms with Crippen LogP contribution in [0.3, 0.4) is 0 Å². The third-order valence-electron chi connectivity index (χ3n) is 3.39. The third kappa shape index (κ3) is 4.03. The standard InChI is InChI=1S/C13H19N3O3S/c14-20(18,19)12-5-3-10(4-6-12)8-16-13(17)11-2-1-7-15-9-11/h3-6,11,15H,1-2,7-9H2,(H,16,17)(H2,14,18,19)/t11-/m0/s1. The van der Waals surface area contributed by atoms with Crippen molar-refractivity contribution in [2.75, 3.05) is 13.1 Å². The largest absolute Gasteiger partial charge is 0.352 e. The lowest BCUT2D eigenvalue weighted by Gasteiger charge is -2.21. The lowest BCUT2D eigenvalue weighted by Crippen LogP contribution is -2.40. The van der Waals surface area contributed by atoms with Gasteiger partial charge in [0, 0.05) is 13.1 Å². The van der Waals surface area contributed by atoms with Gasteiger partial charge in [-0.25, -0.2) is 13.6 Å². The van der Waals surface area contributed by atoms with Gasteiger partial charge in [0.05, 0.1) is 10.8 Å². The van der Waals surface area contributed by atoms with Gasteiger partial charge in [0.2, 0.25) is 15.9 Å². The van der Waals surface area contributed by atoms with Crippen LogP contribution in [0, 0.1) is 5.92 Å². The summed E-state index contributed by atoms with van der Waals surface area (Å²) in [5.74, 6) is 0.0557. The highest BCUT2D eigenvalue weighted by Gasteiger charge is 2.20. The first-order valence-electron chi connectivity index (χ1n) is 6.57. The van der Waals surface area contributed by atoms with Crippen LogP contribution in [-0.2, 0) is 21.4 Å². The number of benzene rings is 1. The minimum atomic E-state index is -3.66. The summed E-state index contributed by atoms with van der Waals surface area (Å²) in [6.45, 7) is 2.08. The second-order valence-corrected chi connectivity index (χ2v) is 6.51. The smallest absolute Gasteiger partial charge is 0.238 e. The van der Waals surface area contributed by atoms with Gasteiger partial charge >= 0.3 is 0 Å². The Labute approximate surface area is 118 Å². The summed E-state index contributed by atoms with van der Waals surface area (Å²) >= 11 is 0. The number of piperidine rings is 1. The minimum absolute atomic E-state index is 0.0208. The van der Waals surface area contributed by atoms with Gasteiger partial charge in [-0.15, -0.1) is 0 Å². The van der Waals surface area contributed by atoms with E-state index >= 15 is 0 Å². The van der Waals surface area contributed by atoms with Crippen molar-refractivity contribution in [3.05, 3.63) is 29.8 Å². The van der Waals surface area contributed by atoms with Crippen molar-refractivity contribution in [3.63, 3.8) is 0 Å². The molecule has 0 spiro atoms. The molecule has 0 unspecified atom stereocenters. The lowest BCUT2D eigenvalue weighted by atomic mass is 9.99. The van der Waals surface area contributed by atoms with Crippen LogP contribution in [0.5, 0.6) is 0 Å². The molecule has 1 aromatic carbocycles. The van der Waals surface area contributed by atoms with E-state index in [0.29, 0.717) is 6.54 Å². The van der Waals surface area contributed by atoms with E-state index in [4.69, 9.17) is 5.14 Å². The van der Waals surface area contributed by atoms with E-state index in [1.165, 1.54) is 12.1 Å². The zero-order valence-corrected chi connectivity index (χ0v) is 11.9. The number of nitrogens with one attached hydrogen (secondary N) is 2. The summed E-state index contributed by atoms with van der Waals surface area (Å²) in [6, 6.07) is 6.19. The Hall–Kier alpha value is -1.44. The van der Waals surface area contributed by atoms with E-state index in [2.05, 4.69) is 10.6 Å². The molecular weight excluding hydrogens is 278 g/mol. The number of carbonyl (C=O) groups is 1. The van der Waals surface area contributed by atoms with Gasteiger partial charge in [-0.2, -0.15) is 0 Å². The average molecular weight is 297 g/mol. The molecule has 1 fully saturated rings. The molecule has 6 nitrogen and oxygen atoms in total. The van der Waals surface area contributed by atoms with Crippen molar-refractivity contribution in [2.45, 2.75) is 24.3 Å². The van der Waals surface area contributed by atoms with Crippen molar-refractivity contribution in [1.82, 2.24) is 10.6 Å². The minimum Gasteiger partial charge on any atom is -0.352 e. The van der Waals surface area contributed by atoms with Crippen molar-refractivity contribution in [1.29, 1.82) is 0 Å². The zero-order chi connectivity index (χ0) is 14.6. The molecule has 110 valence electrons. The van der Waals surface area contributed by atoms with Crippen LogP contribution < -0.4 is 15.8 Å². The molecule has 1 atom stereocenters. The Morgan fingerprint density at radius 3 is 2.60 bits per heavy atom. The average Bonchev–Trinajstić information content (AvgIpc) is 2.45. The van der Waals surface area contributed by atoms with Crippen LogP contribution in [0.1, 0.15) is 18.4 Å². The molecule has 1 saturated heterocycles. The fourth-order valence-electron chi connectivity index (χ4n) is 2.21. The summed E-state index contributed by atoms with van der Waals surface area (Å²) in [5, 5.41) is 11.1. The maximum atomic E-state index is 11.9. The molecule has 0 aromatic heterocycles. The van der Waals surface area contributed by atoms with E-state index in [1.54, 1.807) is 12.1 Å². The number of hydrogen-bond acceptors (Lipinski definition) is 4. The van der Waals surface area contributed by atoms with E-state index in [-0.39, 0.29) is 16.7 Å². The first-order chi connectivity index (χ1) is 9.47. The summed E-state index contributed by atoms with van der Waals surface area (Å²) in [5.41, 5.74) is 0.842. The Balaban J connectivity index is 1.89. The lowest BCUT2D eigenvalue weighted by molar-refractivity contribution is -0.125. The molecule has 2 rings (SSSR count). The van der Waals surface area contributed by atoms with Crippen LogP contribution >= 0.6 is 0 Å². The monoisotopic (exact) mass is 297 g/mol. The van der Waals surface area contributed by atoms with Crippen molar-refractivity contribution < 1.29 is 13.2 Å². The zero-order valence-electron chi connectivity index (χ0n) is 11.1. The third-order valence-corrected chi connectivity index (χ3v) is 4.32. The molecule has 1 aliphatic heterocycles. The van der Waals surface area contributed by atoms with E-state index in [9.17, 15) is 13.2 Å². The number of amides is 1. The van der Waals surface area contributed by atoms with Crippen LogP contribution in [0.15, 0.2) is 29.2 Å². The Bertz CT molecular complexity index is 563. The molecule has 1 aromatic rings. The topological polar surface area (TPSA) is 101 Å². The number of sulfonamides is 1. The van der Waals surface area contributed by atoms with Crippen LogP contribution in [0.2, 0.25) is 0 Å². The second kappa shape index (κ2) is 6.34. The van der Waals surface area contributed by atoms with E-state index < -0.39 is 10.0 Å². The quantitative estimate of drug-likeness (QED) is 0.725. The summed E-state index contributed by atoms with van der Waals surface area (Å²) in [4.78, 5) is 12.0. The highest BCUT2D eigenvalue weighted by Crippen LogP contribution is 2.11. The molecule has 0 saturated carbocycles. The predicted octanol–water partition coefficient (Wildman–Crippen LogP) is -0.0502. The molecule has 1 amide bonds. The molecule has 1 aliphatic rings. The number of primary sulfonamides is 1. The van der Waals surface area contributed by atoms with Gasteiger partial charge in [-0.05, 0) is 37.1 Å². The number of nitrogens with two attached hydrogens (primary N) is 1. The Kier molecular flexibility index (Phi) is 4.74. The fourth-order valence-corrected chi connectivity index (χ4v) is 2.72. The molecule has 7 heteroatoms. The van der Waals surface area contributed by atoms with Gasteiger partial charge in [-0.1, -0.05) is 12.1 Å². The SMILES string of the molecule is NS(=O)(=O)c1ccc(CNC(=O)[C@H]2CCCNC2)cc1. The number of rotatable bonds is 4. The molecule has 0 radical (unpaired) electrons. The van der Waals surface area contributed by atoms with Crippen molar-refractivity contribution >= 4 is 15.9 Å². The summed E-state index contributed by atoms with van der Waals surface area (Å²) in [7, 11) is -3.66. The Morgan fingerprint density at radius 1 is 1.35 bits per heavy atom. The van der Waals surface area contributed by atoms with Gasteiger partial charge in [0.25, 0.3) is 0 Å². The molecule has 1 heterocycles. The molecular formula is C13H19N3O3S. The maximum absolute atomic E-state index is 11.9. The summed E-state index contributed by atoms with van der Waals surface area (Å²) < 4.78 is 22.2. The summed E-state index contributed by atoms with van der Waals surface area (Å²) in [6.07, 6.45) is 1.92. The van der Waals surface area contributed by atoms with Gasteiger partial charge in [-0.3, -0.25) is 4.79 Å². The fraction of sp³-hybridized carbons (Fsp3) is 0.462. The van der Waals surface area contributed by atoms with Gasteiger partial charge in [0.1, 0.15) is 0 Å². The maximum Gasteiger partial charge on any atom is 0.238 e. The van der Waals surface area contributed by atoms with Crippen LogP contribution in [0.4, 0.5) is 0 Å². The number of carbonyl (C=O) groups excluding carboxylic acids is 1. The highest BCUT2D eigenvalue weighted by atomic mass is 32.2. The van der Waals surface area contributed by atoms with Crippen LogP contribution in [0.25, 0.3) is 0 Å². The second-order valence-electron chi connectivity index (χ2n) is 4.95. The van der Waals surface area contributed by atoms with Gasteiger partial charge in [0.15, 0.2) is 0 Å². The molecule has 20 heavy (non-hydrogen) atoms. The van der Waals surface area contributed by atoms with Crippen LogP contribution in [-0.4, -0.2) is 27.4 Å².